The number of sulfonamides is 1. The van der Waals surface area contributed by atoms with E-state index in [2.05, 4.69) is 13.8 Å². The summed E-state index contributed by atoms with van der Waals surface area (Å²) >= 11 is 0.756. The van der Waals surface area contributed by atoms with E-state index >= 15 is 0 Å². The highest BCUT2D eigenvalue weighted by Crippen LogP contribution is 2.37. The molecule has 1 aliphatic rings. The van der Waals surface area contributed by atoms with Gasteiger partial charge in [0.25, 0.3) is 10.0 Å². The molecule has 9 heteroatoms. The Labute approximate surface area is 127 Å². The molecular weight excluding hydrogens is 314 g/mol. The van der Waals surface area contributed by atoms with Crippen molar-refractivity contribution < 1.29 is 13.3 Å². The molecule has 2 rings (SSSR count). The van der Waals surface area contributed by atoms with Crippen LogP contribution in [0.4, 0.5) is 10.7 Å². The van der Waals surface area contributed by atoms with E-state index in [4.69, 9.17) is 5.73 Å². The summed E-state index contributed by atoms with van der Waals surface area (Å²) in [4.78, 5) is 10.1. The van der Waals surface area contributed by atoms with Crippen LogP contribution in [0.3, 0.4) is 0 Å². The summed E-state index contributed by atoms with van der Waals surface area (Å²) in [6, 6.07) is 1.06. The third-order valence-electron chi connectivity index (χ3n) is 3.81. The molecule has 1 aromatic heterocycles. The van der Waals surface area contributed by atoms with E-state index in [-0.39, 0.29) is 20.3 Å². The number of nitro groups is 1. The van der Waals surface area contributed by atoms with Crippen molar-refractivity contribution in [1.29, 1.82) is 0 Å². The predicted molar refractivity (Wildman–Crippen MR) is 81.8 cm³/mol. The first kappa shape index (κ1) is 16.2. The molecular formula is C12H19N3O4S2. The maximum atomic E-state index is 12.6. The summed E-state index contributed by atoms with van der Waals surface area (Å²) < 4.78 is 26.6. The molecule has 0 unspecified atom stereocenters. The maximum Gasteiger partial charge on any atom is 0.304 e. The van der Waals surface area contributed by atoms with Crippen LogP contribution in [-0.4, -0.2) is 30.7 Å². The molecule has 0 atom stereocenters. The largest absolute Gasteiger partial charge is 0.385 e. The monoisotopic (exact) mass is 333 g/mol. The zero-order valence-electron chi connectivity index (χ0n) is 12.0. The summed E-state index contributed by atoms with van der Waals surface area (Å²) in [6.07, 6.45) is 2.52. The van der Waals surface area contributed by atoms with Gasteiger partial charge in [-0.1, -0.05) is 25.2 Å². The molecule has 2 heterocycles. The van der Waals surface area contributed by atoms with Gasteiger partial charge >= 0.3 is 5.69 Å². The van der Waals surface area contributed by atoms with Gasteiger partial charge in [0.2, 0.25) is 0 Å². The third-order valence-corrected chi connectivity index (χ3v) is 7.11. The SMILES string of the molecule is CC1(C)CCCN(S(=O)(=O)c2cc([N+](=O)[O-])c(N)s2)CC1. The van der Waals surface area contributed by atoms with Crippen molar-refractivity contribution in [2.45, 2.75) is 37.3 Å². The standard InChI is InChI=1S/C12H19N3O4S2/c1-12(2)4-3-6-14(7-5-12)21(18,19)10-8-9(15(16)17)11(13)20-10/h8H,3-7,13H2,1-2H3. The maximum absolute atomic E-state index is 12.6. The molecule has 0 radical (unpaired) electrons. The normalized spacial score (nSPS) is 20.1. The molecule has 118 valence electrons. The summed E-state index contributed by atoms with van der Waals surface area (Å²) in [7, 11) is -3.70. The van der Waals surface area contributed by atoms with Crippen LogP contribution in [0.5, 0.6) is 0 Å². The highest BCUT2D eigenvalue weighted by atomic mass is 32.2. The van der Waals surface area contributed by atoms with Crippen LogP contribution in [0.2, 0.25) is 0 Å². The predicted octanol–water partition coefficient (Wildman–Crippen LogP) is 2.44. The first-order chi connectivity index (χ1) is 9.63. The Morgan fingerprint density at radius 2 is 2.05 bits per heavy atom. The van der Waals surface area contributed by atoms with E-state index in [0.717, 1.165) is 36.7 Å². The average Bonchev–Trinajstić information content (AvgIpc) is 2.66. The first-order valence-corrected chi connectivity index (χ1v) is 8.93. The average molecular weight is 333 g/mol. The summed E-state index contributed by atoms with van der Waals surface area (Å²) in [5, 5.41) is 10.7. The molecule has 1 aromatic rings. The molecule has 0 bridgehead atoms. The van der Waals surface area contributed by atoms with Crippen molar-refractivity contribution in [2.24, 2.45) is 5.41 Å². The number of hydrogen-bond donors (Lipinski definition) is 1. The Bertz CT molecular complexity index is 651. The van der Waals surface area contributed by atoms with Crippen LogP contribution in [-0.2, 0) is 10.0 Å². The fourth-order valence-corrected chi connectivity index (χ4v) is 5.26. The lowest BCUT2D eigenvalue weighted by Gasteiger charge is -2.22. The van der Waals surface area contributed by atoms with Crippen molar-refractivity contribution in [3.63, 3.8) is 0 Å². The van der Waals surface area contributed by atoms with Gasteiger partial charge in [-0.15, -0.1) is 0 Å². The quantitative estimate of drug-likeness (QED) is 0.675. The van der Waals surface area contributed by atoms with Crippen LogP contribution in [0.1, 0.15) is 33.1 Å². The number of nitrogens with two attached hydrogens (primary N) is 1. The van der Waals surface area contributed by atoms with E-state index in [0.29, 0.717) is 13.1 Å². The van der Waals surface area contributed by atoms with Crippen LogP contribution in [0.15, 0.2) is 10.3 Å². The summed E-state index contributed by atoms with van der Waals surface area (Å²) in [5.41, 5.74) is 5.31. The van der Waals surface area contributed by atoms with Gasteiger partial charge in [0, 0.05) is 19.2 Å². The minimum atomic E-state index is -3.70. The number of hydrogen-bond acceptors (Lipinski definition) is 6. The highest BCUT2D eigenvalue weighted by molar-refractivity contribution is 7.91. The highest BCUT2D eigenvalue weighted by Gasteiger charge is 2.33. The number of anilines is 1. The molecule has 0 saturated carbocycles. The Morgan fingerprint density at radius 1 is 1.38 bits per heavy atom. The fraction of sp³-hybridized carbons (Fsp3) is 0.667. The van der Waals surface area contributed by atoms with Gasteiger partial charge in [0.05, 0.1) is 4.92 Å². The zero-order valence-corrected chi connectivity index (χ0v) is 13.7. The molecule has 0 spiro atoms. The summed E-state index contributed by atoms with van der Waals surface area (Å²) in [5.74, 6) is 0. The van der Waals surface area contributed by atoms with Crippen LogP contribution in [0.25, 0.3) is 0 Å². The number of nitrogen functional groups attached to an aromatic ring is 1. The minimum Gasteiger partial charge on any atom is -0.385 e. The van der Waals surface area contributed by atoms with Gasteiger partial charge in [-0.25, -0.2) is 8.42 Å². The molecule has 21 heavy (non-hydrogen) atoms. The Kier molecular flexibility index (Phi) is 4.27. The molecule has 0 aromatic carbocycles. The fourth-order valence-electron chi connectivity index (χ4n) is 2.41. The number of rotatable bonds is 3. The van der Waals surface area contributed by atoms with Gasteiger partial charge < -0.3 is 5.73 Å². The Morgan fingerprint density at radius 3 is 2.62 bits per heavy atom. The van der Waals surface area contributed by atoms with Gasteiger partial charge in [-0.3, -0.25) is 10.1 Å². The molecule has 1 aliphatic heterocycles. The molecule has 0 amide bonds. The first-order valence-electron chi connectivity index (χ1n) is 6.67. The van der Waals surface area contributed by atoms with Crippen molar-refractivity contribution >= 4 is 32.0 Å². The van der Waals surface area contributed by atoms with Gasteiger partial charge in [-0.05, 0) is 24.7 Å². The van der Waals surface area contributed by atoms with E-state index in [1.807, 2.05) is 0 Å². The smallest absolute Gasteiger partial charge is 0.304 e. The van der Waals surface area contributed by atoms with Crippen molar-refractivity contribution in [3.8, 4) is 0 Å². The van der Waals surface area contributed by atoms with Crippen molar-refractivity contribution in [2.75, 3.05) is 18.8 Å². The van der Waals surface area contributed by atoms with Crippen LogP contribution < -0.4 is 5.73 Å². The summed E-state index contributed by atoms with van der Waals surface area (Å²) in [6.45, 7) is 5.12. The Balaban J connectivity index is 2.29. The second-order valence-corrected chi connectivity index (χ2v) is 9.24. The third kappa shape index (κ3) is 3.35. The molecule has 0 aliphatic carbocycles. The van der Waals surface area contributed by atoms with Gasteiger partial charge in [0.15, 0.2) is 5.00 Å². The van der Waals surface area contributed by atoms with E-state index in [9.17, 15) is 18.5 Å². The van der Waals surface area contributed by atoms with Crippen LogP contribution >= 0.6 is 11.3 Å². The van der Waals surface area contributed by atoms with Crippen molar-refractivity contribution in [1.82, 2.24) is 4.31 Å². The molecule has 1 fully saturated rings. The number of nitrogens with zero attached hydrogens (tertiary/aromatic N) is 2. The zero-order chi connectivity index (χ0) is 15.8. The van der Waals surface area contributed by atoms with Crippen LogP contribution in [0, 0.1) is 15.5 Å². The lowest BCUT2D eigenvalue weighted by atomic mass is 9.85. The topological polar surface area (TPSA) is 107 Å². The molecule has 7 nitrogen and oxygen atoms in total. The van der Waals surface area contributed by atoms with Crippen molar-refractivity contribution in [3.05, 3.63) is 16.2 Å². The second kappa shape index (κ2) is 5.54. The molecule has 1 saturated heterocycles. The second-order valence-electron chi connectivity index (χ2n) is 5.99. The Hall–Kier alpha value is -1.19. The minimum absolute atomic E-state index is 0.0496. The van der Waals surface area contributed by atoms with E-state index < -0.39 is 14.9 Å². The van der Waals surface area contributed by atoms with Gasteiger partial charge in [-0.2, -0.15) is 4.31 Å². The lowest BCUT2D eigenvalue weighted by molar-refractivity contribution is -0.383. The van der Waals surface area contributed by atoms with E-state index in [1.165, 1.54) is 4.31 Å². The van der Waals surface area contributed by atoms with Gasteiger partial charge in [0.1, 0.15) is 4.21 Å². The van der Waals surface area contributed by atoms with E-state index in [1.54, 1.807) is 0 Å². The lowest BCUT2D eigenvalue weighted by Crippen LogP contribution is -2.32. The number of thiophene rings is 1. The molecule has 2 N–H and O–H groups in total.